The SMILES string of the molecule is CONC[C@@H]1CSc2ccccc21. The molecule has 1 N–H and O–H groups in total. The molecule has 0 amide bonds. The summed E-state index contributed by atoms with van der Waals surface area (Å²) in [7, 11) is 1.66. The van der Waals surface area contributed by atoms with Gasteiger partial charge in [-0.2, -0.15) is 0 Å². The fourth-order valence-electron chi connectivity index (χ4n) is 1.58. The maximum absolute atomic E-state index is 4.86. The van der Waals surface area contributed by atoms with Gasteiger partial charge in [0.1, 0.15) is 0 Å². The van der Waals surface area contributed by atoms with E-state index < -0.39 is 0 Å². The highest BCUT2D eigenvalue weighted by molar-refractivity contribution is 7.99. The zero-order valence-corrected chi connectivity index (χ0v) is 8.43. The predicted molar refractivity (Wildman–Crippen MR) is 54.9 cm³/mol. The molecule has 1 atom stereocenters. The first-order chi connectivity index (χ1) is 6.42. The number of thioether (sulfide) groups is 1. The molecular weight excluding hydrogens is 182 g/mol. The van der Waals surface area contributed by atoms with Crippen molar-refractivity contribution in [2.75, 3.05) is 19.4 Å². The predicted octanol–water partition coefficient (Wildman–Crippen LogP) is 2.03. The van der Waals surface area contributed by atoms with Gasteiger partial charge in [-0.05, 0) is 11.6 Å². The van der Waals surface area contributed by atoms with Gasteiger partial charge in [0.25, 0.3) is 0 Å². The van der Waals surface area contributed by atoms with Gasteiger partial charge < -0.3 is 4.84 Å². The van der Waals surface area contributed by atoms with Gasteiger partial charge in [-0.15, -0.1) is 11.8 Å². The van der Waals surface area contributed by atoms with Crippen LogP contribution in [0.1, 0.15) is 11.5 Å². The van der Waals surface area contributed by atoms with Crippen LogP contribution in [0.15, 0.2) is 29.2 Å². The third-order valence-corrected chi connectivity index (χ3v) is 3.52. The summed E-state index contributed by atoms with van der Waals surface area (Å²) < 4.78 is 0. The summed E-state index contributed by atoms with van der Waals surface area (Å²) in [5.41, 5.74) is 4.37. The van der Waals surface area contributed by atoms with Crippen molar-refractivity contribution >= 4 is 11.8 Å². The van der Waals surface area contributed by atoms with Crippen molar-refractivity contribution in [1.29, 1.82) is 0 Å². The second-order valence-electron chi connectivity index (χ2n) is 3.10. The van der Waals surface area contributed by atoms with Crippen molar-refractivity contribution in [3.63, 3.8) is 0 Å². The number of rotatable bonds is 3. The first kappa shape index (κ1) is 9.06. The highest BCUT2D eigenvalue weighted by Crippen LogP contribution is 2.38. The van der Waals surface area contributed by atoms with Gasteiger partial charge in [0, 0.05) is 23.1 Å². The molecule has 13 heavy (non-hydrogen) atoms. The molecule has 0 bridgehead atoms. The lowest BCUT2D eigenvalue weighted by Crippen LogP contribution is -2.20. The van der Waals surface area contributed by atoms with Crippen LogP contribution in [0.2, 0.25) is 0 Å². The molecule has 1 aliphatic rings. The van der Waals surface area contributed by atoms with Crippen LogP contribution in [-0.4, -0.2) is 19.4 Å². The van der Waals surface area contributed by atoms with Crippen molar-refractivity contribution in [2.45, 2.75) is 10.8 Å². The van der Waals surface area contributed by atoms with Gasteiger partial charge in [-0.25, -0.2) is 5.48 Å². The number of nitrogens with one attached hydrogen (secondary N) is 1. The molecule has 1 aromatic carbocycles. The normalized spacial score (nSPS) is 20.2. The standard InChI is InChI=1S/C10H13NOS/c1-12-11-6-8-7-13-10-5-3-2-4-9(8)10/h2-5,8,11H,6-7H2,1H3/t8-/m1/s1. The molecule has 1 aromatic rings. The van der Waals surface area contributed by atoms with Crippen LogP contribution in [0.4, 0.5) is 0 Å². The molecule has 0 radical (unpaired) electrons. The fourth-order valence-corrected chi connectivity index (χ4v) is 2.84. The topological polar surface area (TPSA) is 21.3 Å². The van der Waals surface area contributed by atoms with Crippen LogP contribution in [-0.2, 0) is 4.84 Å². The number of benzene rings is 1. The van der Waals surface area contributed by atoms with Crippen LogP contribution in [0.25, 0.3) is 0 Å². The van der Waals surface area contributed by atoms with E-state index in [9.17, 15) is 0 Å². The van der Waals surface area contributed by atoms with Crippen LogP contribution >= 0.6 is 11.8 Å². The van der Waals surface area contributed by atoms with E-state index in [0.717, 1.165) is 12.3 Å². The Morgan fingerprint density at radius 2 is 2.38 bits per heavy atom. The van der Waals surface area contributed by atoms with Crippen LogP contribution < -0.4 is 5.48 Å². The van der Waals surface area contributed by atoms with Gasteiger partial charge in [0.05, 0.1) is 7.11 Å². The fraction of sp³-hybridized carbons (Fsp3) is 0.400. The first-order valence-corrected chi connectivity index (χ1v) is 5.38. The third kappa shape index (κ3) is 1.88. The van der Waals surface area contributed by atoms with Crippen molar-refractivity contribution in [2.24, 2.45) is 0 Å². The summed E-state index contributed by atoms with van der Waals surface area (Å²) in [6, 6.07) is 8.59. The molecule has 0 spiro atoms. The van der Waals surface area contributed by atoms with E-state index in [1.807, 2.05) is 11.8 Å². The minimum absolute atomic E-state index is 0.598. The number of hydroxylamine groups is 1. The van der Waals surface area contributed by atoms with E-state index in [-0.39, 0.29) is 0 Å². The van der Waals surface area contributed by atoms with Gasteiger partial charge >= 0.3 is 0 Å². The van der Waals surface area contributed by atoms with Crippen LogP contribution in [0.3, 0.4) is 0 Å². The Balaban J connectivity index is 2.09. The number of hydrogen-bond donors (Lipinski definition) is 1. The Kier molecular flexibility index (Phi) is 2.88. The highest BCUT2D eigenvalue weighted by atomic mass is 32.2. The highest BCUT2D eigenvalue weighted by Gasteiger charge is 2.21. The van der Waals surface area contributed by atoms with Crippen molar-refractivity contribution in [3.05, 3.63) is 29.8 Å². The summed E-state index contributed by atoms with van der Waals surface area (Å²) >= 11 is 1.93. The summed E-state index contributed by atoms with van der Waals surface area (Å²) in [4.78, 5) is 6.28. The largest absolute Gasteiger partial charge is 0.305 e. The first-order valence-electron chi connectivity index (χ1n) is 4.39. The quantitative estimate of drug-likeness (QED) is 0.746. The molecule has 0 aliphatic carbocycles. The minimum atomic E-state index is 0.598. The second-order valence-corrected chi connectivity index (χ2v) is 4.16. The van der Waals surface area contributed by atoms with E-state index in [0.29, 0.717) is 5.92 Å². The molecule has 1 aliphatic heterocycles. The Hall–Kier alpha value is -0.510. The smallest absolute Gasteiger partial charge is 0.0572 e. The summed E-state index contributed by atoms with van der Waals surface area (Å²) in [6.45, 7) is 0.903. The van der Waals surface area contributed by atoms with Crippen molar-refractivity contribution in [1.82, 2.24) is 5.48 Å². The lowest BCUT2D eigenvalue weighted by atomic mass is 10.0. The maximum Gasteiger partial charge on any atom is 0.0572 e. The Morgan fingerprint density at radius 3 is 3.23 bits per heavy atom. The minimum Gasteiger partial charge on any atom is -0.305 e. The van der Waals surface area contributed by atoms with Crippen LogP contribution in [0, 0.1) is 0 Å². The molecule has 0 saturated carbocycles. The Bertz CT molecular complexity index is 290. The molecular formula is C10H13NOS. The van der Waals surface area contributed by atoms with E-state index in [1.54, 1.807) is 7.11 Å². The van der Waals surface area contributed by atoms with E-state index in [4.69, 9.17) is 4.84 Å². The molecule has 2 nitrogen and oxygen atoms in total. The Labute approximate surface area is 82.6 Å². The van der Waals surface area contributed by atoms with E-state index >= 15 is 0 Å². The van der Waals surface area contributed by atoms with Gasteiger partial charge in [0.15, 0.2) is 0 Å². The monoisotopic (exact) mass is 195 g/mol. The summed E-state index contributed by atoms with van der Waals surface area (Å²) in [5.74, 6) is 1.76. The van der Waals surface area contributed by atoms with Crippen LogP contribution in [0.5, 0.6) is 0 Å². The average Bonchev–Trinajstić information content (AvgIpc) is 2.58. The summed E-state index contributed by atoms with van der Waals surface area (Å²) in [6.07, 6.45) is 0. The van der Waals surface area contributed by atoms with Gasteiger partial charge in [-0.3, -0.25) is 0 Å². The molecule has 0 unspecified atom stereocenters. The lowest BCUT2D eigenvalue weighted by Gasteiger charge is -2.09. The maximum atomic E-state index is 4.86. The third-order valence-electron chi connectivity index (χ3n) is 2.27. The zero-order valence-electron chi connectivity index (χ0n) is 7.62. The van der Waals surface area contributed by atoms with Gasteiger partial charge in [0.2, 0.25) is 0 Å². The van der Waals surface area contributed by atoms with E-state index in [1.165, 1.54) is 10.5 Å². The molecule has 0 aromatic heterocycles. The number of hydrogen-bond acceptors (Lipinski definition) is 3. The molecule has 1 heterocycles. The lowest BCUT2D eigenvalue weighted by molar-refractivity contribution is 0.0886. The van der Waals surface area contributed by atoms with E-state index in [2.05, 4.69) is 29.7 Å². The number of fused-ring (bicyclic) bond motifs is 1. The molecule has 3 heteroatoms. The van der Waals surface area contributed by atoms with Gasteiger partial charge in [-0.1, -0.05) is 18.2 Å². The summed E-state index contributed by atoms with van der Waals surface area (Å²) in [5, 5.41) is 0. The van der Waals surface area contributed by atoms with Crippen molar-refractivity contribution < 1.29 is 4.84 Å². The Morgan fingerprint density at radius 1 is 1.54 bits per heavy atom. The zero-order chi connectivity index (χ0) is 9.10. The average molecular weight is 195 g/mol. The second kappa shape index (κ2) is 4.13. The molecule has 2 rings (SSSR count). The molecule has 0 saturated heterocycles. The molecule has 0 fully saturated rings. The van der Waals surface area contributed by atoms with Crippen molar-refractivity contribution in [3.8, 4) is 0 Å². The molecule has 70 valence electrons.